The average molecular weight is 471 g/mol. The van der Waals surface area contributed by atoms with E-state index < -0.39 is 21.9 Å². The van der Waals surface area contributed by atoms with Crippen molar-refractivity contribution in [1.82, 2.24) is 0 Å². The van der Waals surface area contributed by atoms with Gasteiger partial charge in [0.15, 0.2) is 0 Å². The number of aryl methyl sites for hydroxylation is 2. The molecule has 9 heteroatoms. The van der Waals surface area contributed by atoms with E-state index in [0.29, 0.717) is 10.6 Å². The number of esters is 1. The summed E-state index contributed by atoms with van der Waals surface area (Å²) in [5, 5.41) is 3.26. The van der Waals surface area contributed by atoms with Gasteiger partial charge in [-0.2, -0.15) is 0 Å². The van der Waals surface area contributed by atoms with E-state index in [1.807, 2.05) is 6.92 Å². The molecule has 0 radical (unpaired) electrons. The van der Waals surface area contributed by atoms with Crippen LogP contribution in [0.4, 0.5) is 10.7 Å². The molecule has 1 amide bonds. The molecule has 7 nitrogen and oxygen atoms in total. The highest BCUT2D eigenvalue weighted by molar-refractivity contribution is 7.92. The van der Waals surface area contributed by atoms with Crippen LogP contribution in [-0.2, 0) is 27.6 Å². The van der Waals surface area contributed by atoms with Crippen molar-refractivity contribution in [2.45, 2.75) is 31.1 Å². The Balaban J connectivity index is 1.56. The SMILES string of the molecule is COC(=O)c1c(NC(=O)c2cccc(NS(=O)(=O)c3ccc(C)cc3)c2)sc2c1CCC2. The van der Waals surface area contributed by atoms with Crippen molar-refractivity contribution in [1.29, 1.82) is 0 Å². The van der Waals surface area contributed by atoms with E-state index in [-0.39, 0.29) is 16.1 Å². The first-order valence-corrected chi connectivity index (χ1v) is 12.3. The van der Waals surface area contributed by atoms with Crippen LogP contribution in [0.5, 0.6) is 0 Å². The molecule has 1 aliphatic carbocycles. The third-order valence-electron chi connectivity index (χ3n) is 5.25. The van der Waals surface area contributed by atoms with E-state index in [1.165, 1.54) is 36.6 Å². The van der Waals surface area contributed by atoms with Gasteiger partial charge in [-0.15, -0.1) is 11.3 Å². The highest BCUT2D eigenvalue weighted by Crippen LogP contribution is 2.39. The third kappa shape index (κ3) is 4.39. The number of benzene rings is 2. The van der Waals surface area contributed by atoms with Crippen molar-refractivity contribution in [3.63, 3.8) is 0 Å². The number of sulfonamides is 1. The van der Waals surface area contributed by atoms with Crippen LogP contribution >= 0.6 is 11.3 Å². The minimum absolute atomic E-state index is 0.133. The Morgan fingerprint density at radius 3 is 2.53 bits per heavy atom. The van der Waals surface area contributed by atoms with Gasteiger partial charge in [-0.3, -0.25) is 9.52 Å². The molecule has 2 aromatic carbocycles. The standard InChI is InChI=1S/C23H22N2O5S2/c1-14-9-11-17(12-10-14)32(28,29)25-16-6-3-5-15(13-16)21(26)24-22-20(23(27)30-2)18-7-4-8-19(18)31-22/h3,5-6,9-13,25H,4,7-8H2,1-2H3,(H,24,26). The quantitative estimate of drug-likeness (QED) is 0.521. The number of nitrogens with one attached hydrogen (secondary N) is 2. The number of carbonyl (C=O) groups excluding carboxylic acids is 2. The molecule has 0 atom stereocenters. The maximum Gasteiger partial charge on any atom is 0.341 e. The van der Waals surface area contributed by atoms with Gasteiger partial charge in [0.2, 0.25) is 0 Å². The van der Waals surface area contributed by atoms with Gasteiger partial charge < -0.3 is 10.1 Å². The van der Waals surface area contributed by atoms with Crippen LogP contribution < -0.4 is 10.0 Å². The van der Waals surface area contributed by atoms with E-state index >= 15 is 0 Å². The lowest BCUT2D eigenvalue weighted by molar-refractivity contribution is 0.0601. The maximum atomic E-state index is 12.9. The number of methoxy groups -OCH3 is 1. The molecule has 0 spiro atoms. The summed E-state index contributed by atoms with van der Waals surface area (Å²) in [5.74, 6) is -0.911. The zero-order valence-electron chi connectivity index (χ0n) is 17.6. The van der Waals surface area contributed by atoms with Gasteiger partial charge >= 0.3 is 5.97 Å². The first kappa shape index (κ1) is 22.0. The molecule has 0 unspecified atom stereocenters. The Bertz CT molecular complexity index is 1290. The molecule has 0 fully saturated rings. The second-order valence-electron chi connectivity index (χ2n) is 7.51. The summed E-state index contributed by atoms with van der Waals surface area (Å²) < 4.78 is 32.7. The predicted octanol–water partition coefficient (Wildman–Crippen LogP) is 4.38. The van der Waals surface area contributed by atoms with E-state index in [0.717, 1.165) is 35.3 Å². The summed E-state index contributed by atoms with van der Waals surface area (Å²) in [6.07, 6.45) is 2.63. The summed E-state index contributed by atoms with van der Waals surface area (Å²) >= 11 is 1.38. The lowest BCUT2D eigenvalue weighted by Crippen LogP contribution is -2.16. The summed E-state index contributed by atoms with van der Waals surface area (Å²) in [5.41, 5.74) is 2.83. The number of ether oxygens (including phenoxy) is 1. The summed E-state index contributed by atoms with van der Waals surface area (Å²) in [6, 6.07) is 12.7. The van der Waals surface area contributed by atoms with Gasteiger partial charge in [-0.05, 0) is 62.1 Å². The molecular weight excluding hydrogens is 448 g/mol. The van der Waals surface area contributed by atoms with Crippen LogP contribution in [0.1, 0.15) is 43.1 Å². The minimum Gasteiger partial charge on any atom is -0.465 e. The van der Waals surface area contributed by atoms with Crippen LogP contribution in [0.25, 0.3) is 0 Å². The number of hydrogen-bond donors (Lipinski definition) is 2. The molecule has 1 heterocycles. The Hall–Kier alpha value is -3.17. The van der Waals surface area contributed by atoms with Crippen LogP contribution in [0.3, 0.4) is 0 Å². The molecule has 3 aromatic rings. The molecule has 0 aliphatic heterocycles. The number of amides is 1. The second-order valence-corrected chi connectivity index (χ2v) is 10.3. The largest absolute Gasteiger partial charge is 0.465 e. The number of anilines is 2. The first-order valence-electron chi connectivity index (χ1n) is 10.0. The van der Waals surface area contributed by atoms with Crippen LogP contribution in [0.2, 0.25) is 0 Å². The number of carbonyl (C=O) groups is 2. The van der Waals surface area contributed by atoms with Crippen LogP contribution in [-0.4, -0.2) is 27.4 Å². The third-order valence-corrected chi connectivity index (χ3v) is 7.85. The number of fused-ring (bicyclic) bond motifs is 1. The first-order chi connectivity index (χ1) is 15.3. The summed E-state index contributed by atoms with van der Waals surface area (Å²) in [4.78, 5) is 26.4. The normalized spacial score (nSPS) is 12.8. The van der Waals surface area contributed by atoms with Crippen molar-refractivity contribution in [3.8, 4) is 0 Å². The lowest BCUT2D eigenvalue weighted by atomic mass is 10.1. The molecule has 0 bridgehead atoms. The number of rotatable bonds is 6. The Morgan fingerprint density at radius 1 is 1.06 bits per heavy atom. The van der Waals surface area contributed by atoms with Crippen LogP contribution in [0.15, 0.2) is 53.4 Å². The number of thiophene rings is 1. The van der Waals surface area contributed by atoms with Crippen molar-refractivity contribution in [3.05, 3.63) is 75.7 Å². The number of hydrogen-bond acceptors (Lipinski definition) is 6. The molecule has 0 saturated carbocycles. The second kappa shape index (κ2) is 8.76. The monoisotopic (exact) mass is 470 g/mol. The molecule has 4 rings (SSSR count). The molecule has 2 N–H and O–H groups in total. The van der Waals surface area contributed by atoms with Gasteiger partial charge in [0.1, 0.15) is 5.00 Å². The molecule has 1 aromatic heterocycles. The molecule has 1 aliphatic rings. The zero-order chi connectivity index (χ0) is 22.9. The molecule has 0 saturated heterocycles. The topological polar surface area (TPSA) is 102 Å². The van der Waals surface area contributed by atoms with Crippen molar-refractivity contribution in [2.75, 3.05) is 17.1 Å². The highest BCUT2D eigenvalue weighted by Gasteiger charge is 2.28. The van der Waals surface area contributed by atoms with Gasteiger partial charge in [0.05, 0.1) is 17.6 Å². The lowest BCUT2D eigenvalue weighted by Gasteiger charge is -2.11. The smallest absolute Gasteiger partial charge is 0.341 e. The predicted molar refractivity (Wildman–Crippen MR) is 124 cm³/mol. The average Bonchev–Trinajstić information content (AvgIpc) is 3.34. The van der Waals surface area contributed by atoms with Crippen molar-refractivity contribution < 1.29 is 22.7 Å². The summed E-state index contributed by atoms with van der Waals surface area (Å²) in [7, 11) is -2.48. The van der Waals surface area contributed by atoms with E-state index in [2.05, 4.69) is 10.0 Å². The summed E-state index contributed by atoms with van der Waals surface area (Å²) in [6.45, 7) is 1.87. The minimum atomic E-state index is -3.79. The van der Waals surface area contributed by atoms with E-state index in [1.54, 1.807) is 30.3 Å². The molecule has 32 heavy (non-hydrogen) atoms. The van der Waals surface area contributed by atoms with Crippen molar-refractivity contribution in [2.24, 2.45) is 0 Å². The Labute approximate surface area is 190 Å². The molecule has 166 valence electrons. The zero-order valence-corrected chi connectivity index (χ0v) is 19.2. The van der Waals surface area contributed by atoms with E-state index in [4.69, 9.17) is 4.74 Å². The van der Waals surface area contributed by atoms with Gasteiger partial charge in [0.25, 0.3) is 15.9 Å². The fourth-order valence-corrected chi connectivity index (χ4v) is 5.96. The van der Waals surface area contributed by atoms with Gasteiger partial charge in [-0.1, -0.05) is 23.8 Å². The van der Waals surface area contributed by atoms with Gasteiger partial charge in [0, 0.05) is 16.1 Å². The maximum absolute atomic E-state index is 12.9. The van der Waals surface area contributed by atoms with E-state index in [9.17, 15) is 18.0 Å². The van der Waals surface area contributed by atoms with Crippen LogP contribution in [0, 0.1) is 6.92 Å². The molecular formula is C23H22N2O5S2. The fraction of sp³-hybridized carbons (Fsp3) is 0.217. The highest BCUT2D eigenvalue weighted by atomic mass is 32.2. The Morgan fingerprint density at radius 2 is 1.81 bits per heavy atom. The van der Waals surface area contributed by atoms with Crippen molar-refractivity contribution >= 4 is 43.9 Å². The van der Waals surface area contributed by atoms with Gasteiger partial charge in [-0.25, -0.2) is 13.2 Å². The Kier molecular flexibility index (Phi) is 6.03. The fourth-order valence-electron chi connectivity index (χ4n) is 3.64.